The highest BCUT2D eigenvalue weighted by atomic mass is 35.5. The summed E-state index contributed by atoms with van der Waals surface area (Å²) < 4.78 is 5.64. The maximum atomic E-state index is 8.89. The van der Waals surface area contributed by atoms with Crippen LogP contribution in [0.25, 0.3) is 0 Å². The topological polar surface area (TPSA) is 45.0 Å². The van der Waals surface area contributed by atoms with Gasteiger partial charge in [0.25, 0.3) is 0 Å². The summed E-state index contributed by atoms with van der Waals surface area (Å²) in [6.07, 6.45) is 0.260. The molecule has 1 rings (SSSR count). The molecule has 17 heavy (non-hydrogen) atoms. The van der Waals surface area contributed by atoms with E-state index in [-0.39, 0.29) is 0 Å². The van der Waals surface area contributed by atoms with Crippen LogP contribution < -0.4 is 10.1 Å². The molecule has 0 aliphatic heterocycles. The van der Waals surface area contributed by atoms with Crippen molar-refractivity contribution >= 4 is 11.6 Å². The summed E-state index contributed by atoms with van der Waals surface area (Å²) in [5.41, 5.74) is 0.980. The number of ether oxygens (including phenoxy) is 1. The predicted octanol–water partition coefficient (Wildman–Crippen LogP) is 3.13. The number of rotatable bonds is 6. The van der Waals surface area contributed by atoms with Crippen LogP contribution in [0.5, 0.6) is 5.75 Å². The minimum Gasteiger partial charge on any atom is -0.475 e. The van der Waals surface area contributed by atoms with E-state index in [9.17, 15) is 0 Å². The highest BCUT2D eigenvalue weighted by molar-refractivity contribution is 6.30. The molecular formula is C13H17ClN2O. The van der Waals surface area contributed by atoms with Crippen molar-refractivity contribution < 1.29 is 4.74 Å². The van der Waals surface area contributed by atoms with Crippen molar-refractivity contribution in [3.63, 3.8) is 0 Å². The first-order valence-electron chi connectivity index (χ1n) is 5.76. The molecular weight excluding hydrogens is 236 g/mol. The fraction of sp³-hybridized carbons (Fsp3) is 0.462. The Balaban J connectivity index is 2.86. The third-order valence-corrected chi connectivity index (χ3v) is 2.61. The Morgan fingerprint density at radius 2 is 2.24 bits per heavy atom. The Labute approximate surface area is 107 Å². The van der Waals surface area contributed by atoms with E-state index in [2.05, 4.69) is 11.4 Å². The van der Waals surface area contributed by atoms with E-state index in [0.717, 1.165) is 17.9 Å². The molecule has 0 radical (unpaired) electrons. The molecule has 0 spiro atoms. The van der Waals surface area contributed by atoms with E-state index >= 15 is 0 Å². The van der Waals surface area contributed by atoms with Gasteiger partial charge in [0.05, 0.1) is 0 Å². The van der Waals surface area contributed by atoms with Gasteiger partial charge in [0.2, 0.25) is 0 Å². The average Bonchev–Trinajstić information content (AvgIpc) is 2.35. The van der Waals surface area contributed by atoms with Gasteiger partial charge in [0.1, 0.15) is 11.8 Å². The van der Waals surface area contributed by atoms with Crippen LogP contribution in [0.3, 0.4) is 0 Å². The molecule has 1 N–H and O–H groups in total. The lowest BCUT2D eigenvalue weighted by Crippen LogP contribution is -2.16. The fourth-order valence-electron chi connectivity index (χ4n) is 1.42. The maximum Gasteiger partial charge on any atom is 0.184 e. The molecule has 0 aromatic heterocycles. The number of nitriles is 1. The van der Waals surface area contributed by atoms with E-state index in [1.54, 1.807) is 6.07 Å². The molecule has 1 atom stereocenters. The highest BCUT2D eigenvalue weighted by Gasteiger charge is 2.10. The number of hydrogen-bond donors (Lipinski definition) is 1. The first-order valence-corrected chi connectivity index (χ1v) is 6.14. The monoisotopic (exact) mass is 252 g/mol. The SMILES string of the molecule is CCNCc1cc(Cl)ccc1OC(C#N)CC. The molecule has 0 saturated heterocycles. The smallest absolute Gasteiger partial charge is 0.184 e. The Morgan fingerprint density at radius 1 is 1.47 bits per heavy atom. The molecule has 0 heterocycles. The molecule has 0 saturated carbocycles. The first-order chi connectivity index (χ1) is 8.21. The number of nitrogens with one attached hydrogen (secondary N) is 1. The largest absolute Gasteiger partial charge is 0.475 e. The Morgan fingerprint density at radius 3 is 2.82 bits per heavy atom. The molecule has 1 aromatic rings. The Bertz CT molecular complexity index is 401. The van der Waals surface area contributed by atoms with Crippen molar-refractivity contribution in [2.45, 2.75) is 32.9 Å². The Kier molecular flexibility index (Phi) is 5.82. The van der Waals surface area contributed by atoms with Crippen molar-refractivity contribution in [1.29, 1.82) is 5.26 Å². The van der Waals surface area contributed by atoms with E-state index in [1.807, 2.05) is 26.0 Å². The zero-order valence-corrected chi connectivity index (χ0v) is 10.9. The van der Waals surface area contributed by atoms with E-state index in [0.29, 0.717) is 18.0 Å². The third kappa shape index (κ3) is 4.26. The van der Waals surface area contributed by atoms with Crippen LogP contribution in [0, 0.1) is 11.3 Å². The van der Waals surface area contributed by atoms with Crippen molar-refractivity contribution in [3.05, 3.63) is 28.8 Å². The van der Waals surface area contributed by atoms with Gasteiger partial charge in [0, 0.05) is 17.1 Å². The van der Waals surface area contributed by atoms with Gasteiger partial charge >= 0.3 is 0 Å². The molecule has 1 aromatic carbocycles. The van der Waals surface area contributed by atoms with Crippen molar-refractivity contribution in [2.75, 3.05) is 6.54 Å². The first kappa shape index (κ1) is 13.8. The summed E-state index contributed by atoms with van der Waals surface area (Å²) >= 11 is 5.95. The van der Waals surface area contributed by atoms with Crippen LogP contribution >= 0.6 is 11.6 Å². The second kappa shape index (κ2) is 7.16. The summed E-state index contributed by atoms with van der Waals surface area (Å²) in [4.78, 5) is 0. The van der Waals surface area contributed by atoms with Crippen LogP contribution in [0.4, 0.5) is 0 Å². The lowest BCUT2D eigenvalue weighted by Gasteiger charge is -2.15. The molecule has 0 fully saturated rings. The fourth-order valence-corrected chi connectivity index (χ4v) is 1.61. The molecule has 0 aliphatic rings. The lowest BCUT2D eigenvalue weighted by molar-refractivity contribution is 0.249. The average molecular weight is 253 g/mol. The normalized spacial score (nSPS) is 11.9. The second-order valence-electron chi connectivity index (χ2n) is 3.68. The van der Waals surface area contributed by atoms with Gasteiger partial charge in [-0.25, -0.2) is 0 Å². The summed E-state index contributed by atoms with van der Waals surface area (Å²) in [6, 6.07) is 7.58. The van der Waals surface area contributed by atoms with Gasteiger partial charge in [-0.3, -0.25) is 0 Å². The van der Waals surface area contributed by atoms with Gasteiger partial charge in [-0.2, -0.15) is 5.26 Å². The van der Waals surface area contributed by atoms with Gasteiger partial charge in [-0.1, -0.05) is 25.4 Å². The van der Waals surface area contributed by atoms with Gasteiger partial charge in [-0.05, 0) is 31.2 Å². The summed E-state index contributed by atoms with van der Waals surface area (Å²) in [5.74, 6) is 0.726. The van der Waals surface area contributed by atoms with Crippen LogP contribution in [-0.2, 0) is 6.54 Å². The van der Waals surface area contributed by atoms with Gasteiger partial charge in [0.15, 0.2) is 6.10 Å². The number of hydrogen-bond acceptors (Lipinski definition) is 3. The predicted molar refractivity (Wildman–Crippen MR) is 69.2 cm³/mol. The highest BCUT2D eigenvalue weighted by Crippen LogP contribution is 2.24. The number of halogens is 1. The van der Waals surface area contributed by atoms with Crippen LogP contribution in [-0.4, -0.2) is 12.6 Å². The quantitative estimate of drug-likeness (QED) is 0.846. The van der Waals surface area contributed by atoms with Crippen LogP contribution in [0.1, 0.15) is 25.8 Å². The number of nitrogens with zero attached hydrogens (tertiary/aromatic N) is 1. The molecule has 4 heteroatoms. The van der Waals surface area contributed by atoms with Crippen LogP contribution in [0.15, 0.2) is 18.2 Å². The molecule has 1 unspecified atom stereocenters. The molecule has 92 valence electrons. The standard InChI is InChI=1S/C13H17ClN2O/c1-3-12(8-15)17-13-6-5-11(14)7-10(13)9-16-4-2/h5-7,12,16H,3-4,9H2,1-2H3. The minimum absolute atomic E-state index is 0.406. The maximum absolute atomic E-state index is 8.89. The third-order valence-electron chi connectivity index (χ3n) is 2.37. The zero-order valence-electron chi connectivity index (χ0n) is 10.2. The molecule has 0 amide bonds. The van der Waals surface area contributed by atoms with E-state index in [4.69, 9.17) is 21.6 Å². The van der Waals surface area contributed by atoms with Crippen molar-refractivity contribution in [1.82, 2.24) is 5.32 Å². The Hall–Kier alpha value is -1.24. The summed E-state index contributed by atoms with van der Waals surface area (Å²) in [7, 11) is 0. The van der Waals surface area contributed by atoms with Crippen molar-refractivity contribution in [2.24, 2.45) is 0 Å². The number of benzene rings is 1. The van der Waals surface area contributed by atoms with Gasteiger partial charge < -0.3 is 10.1 Å². The minimum atomic E-state index is -0.406. The second-order valence-corrected chi connectivity index (χ2v) is 4.11. The van der Waals surface area contributed by atoms with E-state index in [1.165, 1.54) is 0 Å². The molecule has 0 bridgehead atoms. The summed E-state index contributed by atoms with van der Waals surface area (Å²) in [5, 5.41) is 12.8. The molecule has 3 nitrogen and oxygen atoms in total. The van der Waals surface area contributed by atoms with Gasteiger partial charge in [-0.15, -0.1) is 0 Å². The summed E-state index contributed by atoms with van der Waals surface area (Å²) in [6.45, 7) is 5.53. The lowest BCUT2D eigenvalue weighted by atomic mass is 10.2. The van der Waals surface area contributed by atoms with E-state index < -0.39 is 6.10 Å². The molecule has 0 aliphatic carbocycles. The van der Waals surface area contributed by atoms with Crippen molar-refractivity contribution in [3.8, 4) is 11.8 Å². The zero-order chi connectivity index (χ0) is 12.7. The van der Waals surface area contributed by atoms with Crippen LogP contribution in [0.2, 0.25) is 5.02 Å².